The Balaban J connectivity index is 1.39. The largest absolute Gasteiger partial charge is 0.439 e. The van der Waals surface area contributed by atoms with E-state index < -0.39 is 5.97 Å². The normalized spacial score (nSPS) is 10.9. The number of pyridine rings is 2. The zero-order valence-electron chi connectivity index (χ0n) is 17.0. The summed E-state index contributed by atoms with van der Waals surface area (Å²) in [5, 5.41) is 1.13. The Kier molecular flexibility index (Phi) is 5.09. The quantitative estimate of drug-likeness (QED) is 0.228. The lowest BCUT2D eigenvalue weighted by Crippen LogP contribution is -2.19. The van der Waals surface area contributed by atoms with Crippen molar-refractivity contribution >= 4 is 27.8 Å². The Hall–Kier alpha value is -4.45. The zero-order valence-corrected chi connectivity index (χ0v) is 17.0. The molecule has 6 heteroatoms. The maximum absolute atomic E-state index is 12.8. The van der Waals surface area contributed by atoms with Crippen molar-refractivity contribution < 1.29 is 14.3 Å². The summed E-state index contributed by atoms with van der Waals surface area (Å²) in [6.07, 6.45) is 1.65. The minimum absolute atomic E-state index is 0.0342. The number of carbonyl (C=O) groups is 1. The average molecular weight is 422 g/mol. The van der Waals surface area contributed by atoms with Gasteiger partial charge in [-0.2, -0.15) is 0 Å². The van der Waals surface area contributed by atoms with Crippen LogP contribution in [0, 0.1) is 0 Å². The molecule has 0 atom stereocenters. The Bertz CT molecular complexity index is 1420. The molecule has 0 aliphatic heterocycles. The monoisotopic (exact) mass is 422 g/mol. The van der Waals surface area contributed by atoms with Crippen molar-refractivity contribution in [3.8, 4) is 17.4 Å². The van der Waals surface area contributed by atoms with Crippen LogP contribution in [0.1, 0.15) is 0 Å². The molecule has 32 heavy (non-hydrogen) atoms. The molecule has 2 aromatic heterocycles. The number of rotatable bonds is 5. The number of hydrogen-bond donors (Lipinski definition) is 0. The molecule has 0 fully saturated rings. The van der Waals surface area contributed by atoms with Crippen molar-refractivity contribution in [2.24, 2.45) is 0 Å². The number of esters is 1. The van der Waals surface area contributed by atoms with Crippen LogP contribution in [0.2, 0.25) is 0 Å². The van der Waals surface area contributed by atoms with Gasteiger partial charge in [-0.05, 0) is 54.6 Å². The molecule has 156 valence electrons. The molecular weight excluding hydrogens is 404 g/mol. The van der Waals surface area contributed by atoms with E-state index in [1.54, 1.807) is 48.7 Å². The summed E-state index contributed by atoms with van der Waals surface area (Å²) < 4.78 is 13.0. The van der Waals surface area contributed by atoms with Crippen LogP contribution < -0.4 is 14.9 Å². The molecule has 5 rings (SSSR count). The van der Waals surface area contributed by atoms with Crippen LogP contribution in [0.15, 0.2) is 102 Å². The van der Waals surface area contributed by atoms with E-state index in [0.29, 0.717) is 39.2 Å². The van der Waals surface area contributed by atoms with Gasteiger partial charge in [-0.15, -0.1) is 0 Å². The fourth-order valence-corrected chi connectivity index (χ4v) is 3.64. The van der Waals surface area contributed by atoms with E-state index in [4.69, 9.17) is 9.47 Å². The molecule has 0 saturated heterocycles. The minimum atomic E-state index is -0.442. The summed E-state index contributed by atoms with van der Waals surface area (Å²) in [7, 11) is 0. The first-order valence-electron chi connectivity index (χ1n) is 10.1. The fourth-order valence-electron chi connectivity index (χ4n) is 3.64. The van der Waals surface area contributed by atoms with Gasteiger partial charge < -0.3 is 14.0 Å². The number of ether oxygens (including phenoxy) is 2. The third-order valence-electron chi connectivity index (χ3n) is 5.08. The van der Waals surface area contributed by atoms with Gasteiger partial charge in [0.1, 0.15) is 18.0 Å². The van der Waals surface area contributed by atoms with Crippen LogP contribution in [0.3, 0.4) is 0 Å². The highest BCUT2D eigenvalue weighted by atomic mass is 16.5. The fraction of sp³-hybridized carbons (Fsp3) is 0.0385. The van der Waals surface area contributed by atoms with Gasteiger partial charge in [-0.25, -0.2) is 9.78 Å². The first-order valence-corrected chi connectivity index (χ1v) is 10.1. The summed E-state index contributed by atoms with van der Waals surface area (Å²) in [5.74, 6) is 1.02. The van der Waals surface area contributed by atoms with Gasteiger partial charge in [0.05, 0.1) is 11.0 Å². The maximum atomic E-state index is 12.8. The Morgan fingerprint density at radius 3 is 1.97 bits per heavy atom. The van der Waals surface area contributed by atoms with E-state index in [1.165, 1.54) is 0 Å². The van der Waals surface area contributed by atoms with Crippen molar-refractivity contribution in [1.29, 1.82) is 0 Å². The second-order valence-corrected chi connectivity index (χ2v) is 7.17. The van der Waals surface area contributed by atoms with Gasteiger partial charge in [-0.1, -0.05) is 30.3 Å². The van der Waals surface area contributed by atoms with Gasteiger partial charge in [0.15, 0.2) is 5.43 Å². The van der Waals surface area contributed by atoms with Crippen molar-refractivity contribution in [3.63, 3.8) is 0 Å². The maximum Gasteiger partial charge on any atom is 0.331 e. The first kappa shape index (κ1) is 19.5. The van der Waals surface area contributed by atoms with Crippen LogP contribution in [0.25, 0.3) is 21.8 Å². The van der Waals surface area contributed by atoms with Crippen molar-refractivity contribution in [2.45, 2.75) is 6.54 Å². The standard InChI is InChI=1S/C26H18N2O4/c29-25(32-19-14-12-18(13-15-19)31-24-11-5-6-16-27-24)17-28-22-9-3-1-7-20(22)26(30)21-8-2-4-10-23(21)28/h1-16H,17H2. The van der Waals surface area contributed by atoms with Crippen molar-refractivity contribution in [1.82, 2.24) is 9.55 Å². The molecule has 0 radical (unpaired) electrons. The Morgan fingerprint density at radius 2 is 1.34 bits per heavy atom. The minimum Gasteiger partial charge on any atom is -0.439 e. The van der Waals surface area contributed by atoms with Gasteiger partial charge in [-0.3, -0.25) is 4.79 Å². The topological polar surface area (TPSA) is 70.4 Å². The molecule has 0 aliphatic rings. The molecule has 0 amide bonds. The number of carbonyl (C=O) groups excluding carboxylic acids is 1. The summed E-state index contributed by atoms with van der Waals surface area (Å²) in [6, 6.07) is 26.7. The summed E-state index contributed by atoms with van der Waals surface area (Å²) in [4.78, 5) is 29.7. The van der Waals surface area contributed by atoms with E-state index in [0.717, 1.165) is 0 Å². The zero-order chi connectivity index (χ0) is 21.9. The van der Waals surface area contributed by atoms with Crippen molar-refractivity contribution in [2.75, 3.05) is 0 Å². The first-order chi connectivity index (χ1) is 15.7. The van der Waals surface area contributed by atoms with Crippen LogP contribution >= 0.6 is 0 Å². The highest BCUT2D eigenvalue weighted by Crippen LogP contribution is 2.23. The van der Waals surface area contributed by atoms with Gasteiger partial charge in [0.2, 0.25) is 5.88 Å². The summed E-state index contributed by atoms with van der Waals surface area (Å²) >= 11 is 0. The van der Waals surface area contributed by atoms with Crippen LogP contribution in [0.4, 0.5) is 0 Å². The van der Waals surface area contributed by atoms with E-state index in [9.17, 15) is 9.59 Å². The lowest BCUT2D eigenvalue weighted by molar-refractivity contribution is -0.134. The lowest BCUT2D eigenvalue weighted by Gasteiger charge is -2.14. The number of benzene rings is 3. The van der Waals surface area contributed by atoms with E-state index >= 15 is 0 Å². The molecule has 6 nitrogen and oxygen atoms in total. The molecular formula is C26H18N2O4. The number of fused-ring (bicyclic) bond motifs is 2. The molecule has 0 saturated carbocycles. The van der Waals surface area contributed by atoms with E-state index in [2.05, 4.69) is 4.98 Å². The third-order valence-corrected chi connectivity index (χ3v) is 5.08. The predicted molar refractivity (Wildman–Crippen MR) is 122 cm³/mol. The summed E-state index contributed by atoms with van der Waals surface area (Å²) in [6.45, 7) is -0.0342. The van der Waals surface area contributed by atoms with Crippen molar-refractivity contribution in [3.05, 3.63) is 107 Å². The molecule has 0 N–H and O–H groups in total. The van der Waals surface area contributed by atoms with E-state index in [1.807, 2.05) is 53.1 Å². The molecule has 0 bridgehead atoms. The third kappa shape index (κ3) is 3.81. The second kappa shape index (κ2) is 8.35. The molecule has 2 heterocycles. The highest BCUT2D eigenvalue weighted by Gasteiger charge is 2.14. The molecule has 0 unspecified atom stereocenters. The van der Waals surface area contributed by atoms with Crippen LogP contribution in [-0.2, 0) is 11.3 Å². The highest BCUT2D eigenvalue weighted by molar-refractivity contribution is 5.94. The Labute approximate surface area is 183 Å². The van der Waals surface area contributed by atoms with Gasteiger partial charge in [0, 0.05) is 23.0 Å². The molecule has 0 spiro atoms. The van der Waals surface area contributed by atoms with Crippen LogP contribution in [-0.4, -0.2) is 15.5 Å². The average Bonchev–Trinajstić information content (AvgIpc) is 2.84. The smallest absolute Gasteiger partial charge is 0.331 e. The van der Waals surface area contributed by atoms with Gasteiger partial charge in [0.25, 0.3) is 0 Å². The lowest BCUT2D eigenvalue weighted by atomic mass is 10.1. The number of aromatic nitrogens is 2. The predicted octanol–water partition coefficient (Wildman–Crippen LogP) is 4.95. The number of para-hydroxylation sites is 2. The molecule has 5 aromatic rings. The number of hydrogen-bond acceptors (Lipinski definition) is 5. The van der Waals surface area contributed by atoms with Gasteiger partial charge >= 0.3 is 5.97 Å². The number of nitrogens with zero attached hydrogens (tertiary/aromatic N) is 2. The molecule has 0 aliphatic carbocycles. The van der Waals surface area contributed by atoms with Crippen LogP contribution in [0.5, 0.6) is 17.4 Å². The molecule has 3 aromatic carbocycles. The second-order valence-electron chi connectivity index (χ2n) is 7.17. The SMILES string of the molecule is O=C(Cn1c2ccccc2c(=O)c2ccccc21)Oc1ccc(Oc2ccccn2)cc1. The Morgan fingerprint density at radius 1 is 0.750 bits per heavy atom. The van der Waals surface area contributed by atoms with E-state index in [-0.39, 0.29) is 12.0 Å². The summed E-state index contributed by atoms with van der Waals surface area (Å²) in [5.41, 5.74) is 1.32.